The van der Waals surface area contributed by atoms with E-state index >= 15 is 0 Å². The summed E-state index contributed by atoms with van der Waals surface area (Å²) in [7, 11) is 0. The Hall–Kier alpha value is -3.38. The molecule has 1 fully saturated rings. The number of benzene rings is 1. The SMILES string of the molecule is CCCCOc1cccc(CCC[C@@H](C(=O)O)N2CCN(C(CO)C(=O)O)CCN(C(CO)C(=O)O)CCN(C(CO)C(=O)O)CC2)c1. The summed E-state index contributed by atoms with van der Waals surface area (Å²) in [6.07, 6.45) is 3.23. The Morgan fingerprint density at radius 3 is 1.40 bits per heavy atom. The molecule has 1 heterocycles. The van der Waals surface area contributed by atoms with E-state index in [9.17, 15) is 54.9 Å². The molecule has 1 saturated heterocycles. The number of hydrogen-bond acceptors (Lipinski definition) is 12. The van der Waals surface area contributed by atoms with Crippen molar-refractivity contribution in [2.45, 2.75) is 63.2 Å². The Labute approximate surface area is 280 Å². The highest BCUT2D eigenvalue weighted by molar-refractivity contribution is 5.75. The molecule has 1 aliphatic rings. The first kappa shape index (κ1) is 40.8. The largest absolute Gasteiger partial charge is 0.494 e. The number of carboxylic acids is 4. The summed E-state index contributed by atoms with van der Waals surface area (Å²) < 4.78 is 5.79. The second-order valence-electron chi connectivity index (χ2n) is 11.8. The molecule has 3 unspecified atom stereocenters. The number of aryl methyl sites for hydroxylation is 1. The lowest BCUT2D eigenvalue weighted by Crippen LogP contribution is -2.57. The van der Waals surface area contributed by atoms with Crippen LogP contribution in [-0.4, -0.2) is 182 Å². The molecule has 16 heteroatoms. The molecule has 0 bridgehead atoms. The van der Waals surface area contributed by atoms with Gasteiger partial charge in [0.15, 0.2) is 0 Å². The Morgan fingerprint density at radius 1 is 0.646 bits per heavy atom. The molecule has 0 aliphatic carbocycles. The van der Waals surface area contributed by atoms with Crippen LogP contribution < -0.4 is 4.74 Å². The van der Waals surface area contributed by atoms with Crippen LogP contribution in [0.2, 0.25) is 0 Å². The first-order valence-corrected chi connectivity index (χ1v) is 16.4. The topological polar surface area (TPSA) is 232 Å². The van der Waals surface area contributed by atoms with E-state index in [4.69, 9.17) is 4.74 Å². The average Bonchev–Trinajstić information content (AvgIpc) is 3.03. The number of hydrogen-bond donors (Lipinski definition) is 7. The first-order chi connectivity index (χ1) is 23.0. The van der Waals surface area contributed by atoms with Crippen LogP contribution in [-0.2, 0) is 25.6 Å². The Balaban J connectivity index is 2.36. The molecule has 7 N–H and O–H groups in total. The van der Waals surface area contributed by atoms with Gasteiger partial charge in [0.2, 0.25) is 0 Å². The molecule has 4 atom stereocenters. The van der Waals surface area contributed by atoms with Crippen LogP contribution in [0.5, 0.6) is 5.75 Å². The van der Waals surface area contributed by atoms with Crippen LogP contribution in [0.15, 0.2) is 24.3 Å². The maximum Gasteiger partial charge on any atom is 0.323 e. The number of nitrogens with zero attached hydrogens (tertiary/aromatic N) is 4. The van der Waals surface area contributed by atoms with Gasteiger partial charge in [-0.3, -0.25) is 38.8 Å². The minimum Gasteiger partial charge on any atom is -0.494 e. The lowest BCUT2D eigenvalue weighted by Gasteiger charge is -2.39. The highest BCUT2D eigenvalue weighted by Crippen LogP contribution is 2.18. The number of carbonyl (C=O) groups is 4. The van der Waals surface area contributed by atoms with Gasteiger partial charge in [-0.2, -0.15) is 0 Å². The molecule has 16 nitrogen and oxygen atoms in total. The first-order valence-electron chi connectivity index (χ1n) is 16.4. The fourth-order valence-corrected chi connectivity index (χ4v) is 5.86. The van der Waals surface area contributed by atoms with Crippen LogP contribution in [0.25, 0.3) is 0 Å². The second kappa shape index (κ2) is 21.6. The van der Waals surface area contributed by atoms with Crippen molar-refractivity contribution in [1.29, 1.82) is 0 Å². The van der Waals surface area contributed by atoms with E-state index in [1.165, 1.54) is 14.7 Å². The van der Waals surface area contributed by atoms with Crippen LogP contribution in [0.4, 0.5) is 0 Å². The Bertz CT molecular complexity index is 1120. The van der Waals surface area contributed by atoms with Crippen molar-refractivity contribution in [3.05, 3.63) is 29.8 Å². The van der Waals surface area contributed by atoms with Crippen molar-refractivity contribution in [2.24, 2.45) is 0 Å². The van der Waals surface area contributed by atoms with Gasteiger partial charge in [-0.15, -0.1) is 0 Å². The third kappa shape index (κ3) is 12.9. The lowest BCUT2D eigenvalue weighted by atomic mass is 10.0. The van der Waals surface area contributed by atoms with Crippen LogP contribution >= 0.6 is 0 Å². The van der Waals surface area contributed by atoms with Crippen LogP contribution in [0.3, 0.4) is 0 Å². The van der Waals surface area contributed by atoms with E-state index in [0.717, 1.165) is 24.2 Å². The van der Waals surface area contributed by atoms with Crippen molar-refractivity contribution in [1.82, 2.24) is 19.6 Å². The molecule has 0 saturated carbocycles. The van der Waals surface area contributed by atoms with Crippen LogP contribution in [0.1, 0.15) is 38.2 Å². The summed E-state index contributed by atoms with van der Waals surface area (Å²) in [6, 6.07) is 2.51. The smallest absolute Gasteiger partial charge is 0.323 e. The minimum atomic E-state index is -1.37. The number of aliphatic hydroxyl groups excluding tert-OH is 3. The molecular formula is C32H52N4O12. The van der Waals surface area contributed by atoms with Crippen molar-refractivity contribution in [2.75, 3.05) is 78.8 Å². The molecule has 0 spiro atoms. The van der Waals surface area contributed by atoms with Crippen molar-refractivity contribution in [3.8, 4) is 5.75 Å². The van der Waals surface area contributed by atoms with Gasteiger partial charge < -0.3 is 40.5 Å². The quantitative estimate of drug-likeness (QED) is 0.0884. The molecular weight excluding hydrogens is 632 g/mol. The predicted octanol–water partition coefficient (Wildman–Crippen LogP) is -0.800. The molecule has 272 valence electrons. The number of rotatable bonds is 19. The van der Waals surface area contributed by atoms with Gasteiger partial charge >= 0.3 is 23.9 Å². The highest BCUT2D eigenvalue weighted by Gasteiger charge is 2.34. The summed E-state index contributed by atoms with van der Waals surface area (Å²) in [5, 5.41) is 69.3. The number of carboxylic acid groups (broad SMARTS) is 4. The molecule has 0 radical (unpaired) electrons. The number of ether oxygens (including phenoxy) is 1. The van der Waals surface area contributed by atoms with Gasteiger partial charge in [-0.05, 0) is 43.4 Å². The van der Waals surface area contributed by atoms with Gasteiger partial charge in [0.1, 0.15) is 29.9 Å². The van der Waals surface area contributed by atoms with Crippen molar-refractivity contribution >= 4 is 23.9 Å². The minimum absolute atomic E-state index is 0.00842. The van der Waals surface area contributed by atoms with Gasteiger partial charge in [0.05, 0.1) is 26.4 Å². The van der Waals surface area contributed by atoms with E-state index in [-0.39, 0.29) is 58.8 Å². The average molecular weight is 685 g/mol. The van der Waals surface area contributed by atoms with Crippen molar-refractivity contribution < 1.29 is 59.7 Å². The lowest BCUT2D eigenvalue weighted by molar-refractivity contribution is -0.149. The fraction of sp³-hybridized carbons (Fsp3) is 0.688. The van der Waals surface area contributed by atoms with Gasteiger partial charge in [-0.1, -0.05) is 25.5 Å². The second-order valence-corrected chi connectivity index (χ2v) is 11.8. The van der Waals surface area contributed by atoms with E-state index < -0.39 is 67.9 Å². The van der Waals surface area contributed by atoms with Crippen LogP contribution in [0, 0.1) is 0 Å². The molecule has 48 heavy (non-hydrogen) atoms. The summed E-state index contributed by atoms with van der Waals surface area (Å²) in [5.41, 5.74) is 0.978. The highest BCUT2D eigenvalue weighted by atomic mass is 16.5. The maximum atomic E-state index is 12.6. The molecule has 1 aliphatic heterocycles. The summed E-state index contributed by atoms with van der Waals surface area (Å²) in [5.74, 6) is -4.32. The Kier molecular flexibility index (Phi) is 18.3. The van der Waals surface area contributed by atoms with E-state index in [0.29, 0.717) is 19.4 Å². The molecule has 0 amide bonds. The number of aliphatic hydroxyl groups is 3. The van der Waals surface area contributed by atoms with Gasteiger partial charge in [0, 0.05) is 52.4 Å². The van der Waals surface area contributed by atoms with Gasteiger partial charge in [0.25, 0.3) is 0 Å². The van der Waals surface area contributed by atoms with Gasteiger partial charge in [-0.25, -0.2) is 0 Å². The summed E-state index contributed by atoms with van der Waals surface area (Å²) >= 11 is 0. The molecule has 0 aromatic heterocycles. The zero-order valence-electron chi connectivity index (χ0n) is 27.6. The third-order valence-corrected chi connectivity index (χ3v) is 8.73. The monoisotopic (exact) mass is 684 g/mol. The fourth-order valence-electron chi connectivity index (χ4n) is 5.86. The summed E-state index contributed by atoms with van der Waals surface area (Å²) in [6.45, 7) is 0.260. The zero-order chi connectivity index (χ0) is 35.6. The maximum absolute atomic E-state index is 12.6. The number of unbranched alkanes of at least 4 members (excludes halogenated alkanes) is 1. The normalized spacial score (nSPS) is 18.9. The number of aliphatic carboxylic acids is 4. The van der Waals surface area contributed by atoms with E-state index in [1.807, 2.05) is 24.3 Å². The predicted molar refractivity (Wildman–Crippen MR) is 173 cm³/mol. The Morgan fingerprint density at radius 2 is 1.04 bits per heavy atom. The zero-order valence-corrected chi connectivity index (χ0v) is 27.6. The van der Waals surface area contributed by atoms with E-state index in [2.05, 4.69) is 6.92 Å². The third-order valence-electron chi connectivity index (χ3n) is 8.73. The molecule has 1 aromatic rings. The molecule has 1 aromatic carbocycles. The van der Waals surface area contributed by atoms with E-state index in [1.54, 1.807) is 4.90 Å². The van der Waals surface area contributed by atoms with Crippen molar-refractivity contribution in [3.63, 3.8) is 0 Å². The molecule has 2 rings (SSSR count). The summed E-state index contributed by atoms with van der Waals surface area (Å²) in [4.78, 5) is 54.6. The standard InChI is InChI=1S/C32H52N4O12/c1-2-3-18-48-24-8-4-6-23(19-24)7-5-9-25(29(40)41)33-10-12-34(26(20-37)30(42)43)14-16-36(28(22-39)32(46)47)17-15-35(13-11-33)27(21-38)31(44)45/h4,6,8,19,25-28,37-39H,2-3,5,7,9-18,20-22H2,1H3,(H,40,41)(H,42,43)(H,44,45)(H,46,47)/t25-,26?,27?,28?/m0/s1.